The van der Waals surface area contributed by atoms with Crippen molar-refractivity contribution in [2.75, 3.05) is 0 Å². The third kappa shape index (κ3) is 3.97. The van der Waals surface area contributed by atoms with Gasteiger partial charge < -0.3 is 11.1 Å². The van der Waals surface area contributed by atoms with Gasteiger partial charge in [-0.25, -0.2) is 0 Å². The molecule has 2 saturated carbocycles. The fourth-order valence-corrected chi connectivity index (χ4v) is 4.05. The SMILES string of the molecule is CCC(NC(=O)C1CCC(N)C(C)C1)C1CCCCC1. The maximum atomic E-state index is 12.5. The second-order valence-corrected chi connectivity index (χ2v) is 7.07. The van der Waals surface area contributed by atoms with Crippen LogP contribution in [0, 0.1) is 17.8 Å². The van der Waals surface area contributed by atoms with Gasteiger partial charge in [-0.3, -0.25) is 4.79 Å². The zero-order valence-electron chi connectivity index (χ0n) is 13.2. The van der Waals surface area contributed by atoms with Gasteiger partial charge in [0.2, 0.25) is 5.91 Å². The van der Waals surface area contributed by atoms with Crippen molar-refractivity contribution < 1.29 is 4.79 Å². The van der Waals surface area contributed by atoms with Crippen molar-refractivity contribution in [3.05, 3.63) is 0 Å². The molecule has 20 heavy (non-hydrogen) atoms. The van der Waals surface area contributed by atoms with Crippen LogP contribution in [-0.4, -0.2) is 18.0 Å². The number of hydrogen-bond donors (Lipinski definition) is 2. The predicted molar refractivity (Wildman–Crippen MR) is 83.3 cm³/mol. The number of carbonyl (C=O) groups is 1. The molecule has 0 heterocycles. The van der Waals surface area contributed by atoms with Crippen LogP contribution >= 0.6 is 0 Å². The zero-order chi connectivity index (χ0) is 14.5. The molecule has 0 radical (unpaired) electrons. The summed E-state index contributed by atoms with van der Waals surface area (Å²) in [5, 5.41) is 3.36. The first-order valence-corrected chi connectivity index (χ1v) is 8.67. The molecule has 0 bridgehead atoms. The first-order chi connectivity index (χ1) is 9.61. The van der Waals surface area contributed by atoms with Crippen LogP contribution in [0.3, 0.4) is 0 Å². The van der Waals surface area contributed by atoms with E-state index in [0.717, 1.165) is 25.7 Å². The zero-order valence-corrected chi connectivity index (χ0v) is 13.2. The molecule has 0 aliphatic heterocycles. The number of amides is 1. The molecule has 3 heteroatoms. The normalized spacial score (nSPS) is 33.6. The van der Waals surface area contributed by atoms with E-state index in [2.05, 4.69) is 19.2 Å². The molecule has 2 rings (SSSR count). The number of rotatable bonds is 4. The third-order valence-electron chi connectivity index (χ3n) is 5.59. The van der Waals surface area contributed by atoms with Crippen LogP contribution in [-0.2, 0) is 4.79 Å². The number of nitrogens with one attached hydrogen (secondary N) is 1. The Balaban J connectivity index is 1.85. The average Bonchev–Trinajstić information content (AvgIpc) is 2.48. The van der Waals surface area contributed by atoms with Gasteiger partial charge in [0.15, 0.2) is 0 Å². The lowest BCUT2D eigenvalue weighted by atomic mass is 9.78. The first kappa shape index (κ1) is 15.8. The van der Waals surface area contributed by atoms with Crippen molar-refractivity contribution in [3.8, 4) is 0 Å². The average molecular weight is 280 g/mol. The molecule has 0 saturated heterocycles. The molecule has 0 aromatic rings. The summed E-state index contributed by atoms with van der Waals surface area (Å²) in [4.78, 5) is 12.5. The maximum absolute atomic E-state index is 12.5. The Morgan fingerprint density at radius 2 is 1.90 bits per heavy atom. The van der Waals surface area contributed by atoms with E-state index >= 15 is 0 Å². The van der Waals surface area contributed by atoms with Crippen molar-refractivity contribution in [1.29, 1.82) is 0 Å². The molecule has 3 nitrogen and oxygen atoms in total. The van der Waals surface area contributed by atoms with Crippen molar-refractivity contribution in [2.45, 2.75) is 83.7 Å². The number of nitrogens with two attached hydrogens (primary N) is 1. The maximum Gasteiger partial charge on any atom is 0.223 e. The van der Waals surface area contributed by atoms with Gasteiger partial charge in [-0.15, -0.1) is 0 Å². The molecule has 1 amide bonds. The van der Waals surface area contributed by atoms with Gasteiger partial charge >= 0.3 is 0 Å². The lowest BCUT2D eigenvalue weighted by Crippen LogP contribution is -2.46. The Kier molecular flexibility index (Phi) is 5.88. The highest BCUT2D eigenvalue weighted by atomic mass is 16.1. The summed E-state index contributed by atoms with van der Waals surface area (Å²) in [7, 11) is 0. The monoisotopic (exact) mass is 280 g/mol. The van der Waals surface area contributed by atoms with E-state index in [9.17, 15) is 4.79 Å². The minimum Gasteiger partial charge on any atom is -0.353 e. The van der Waals surface area contributed by atoms with Gasteiger partial charge in [0.05, 0.1) is 0 Å². The second kappa shape index (κ2) is 7.44. The van der Waals surface area contributed by atoms with Crippen molar-refractivity contribution in [1.82, 2.24) is 5.32 Å². The minimum absolute atomic E-state index is 0.197. The van der Waals surface area contributed by atoms with E-state index in [-0.39, 0.29) is 5.92 Å². The first-order valence-electron chi connectivity index (χ1n) is 8.67. The Morgan fingerprint density at radius 3 is 2.50 bits per heavy atom. The van der Waals surface area contributed by atoms with E-state index in [0.29, 0.717) is 29.8 Å². The van der Waals surface area contributed by atoms with Crippen LogP contribution in [0.5, 0.6) is 0 Å². The molecule has 116 valence electrons. The molecule has 4 atom stereocenters. The van der Waals surface area contributed by atoms with E-state index in [1.54, 1.807) is 0 Å². The van der Waals surface area contributed by atoms with E-state index in [4.69, 9.17) is 5.73 Å². The van der Waals surface area contributed by atoms with Crippen LogP contribution < -0.4 is 11.1 Å². The molecular weight excluding hydrogens is 248 g/mol. The standard InChI is InChI=1S/C17H32N2O/c1-3-16(13-7-5-4-6-8-13)19-17(20)14-9-10-15(18)12(2)11-14/h12-16H,3-11,18H2,1-2H3,(H,19,20). The summed E-state index contributed by atoms with van der Waals surface area (Å²) in [5.41, 5.74) is 6.05. The van der Waals surface area contributed by atoms with Gasteiger partial charge in [-0.1, -0.05) is 33.1 Å². The summed E-state index contributed by atoms with van der Waals surface area (Å²) in [5.74, 6) is 1.68. The Hall–Kier alpha value is -0.570. The smallest absolute Gasteiger partial charge is 0.223 e. The fourth-order valence-electron chi connectivity index (χ4n) is 4.05. The highest BCUT2D eigenvalue weighted by Crippen LogP contribution is 2.30. The molecular formula is C17H32N2O. The molecule has 0 aromatic carbocycles. The predicted octanol–water partition coefficient (Wildman–Crippen LogP) is 3.23. The molecule has 0 aromatic heterocycles. The van der Waals surface area contributed by atoms with Crippen LogP contribution in [0.15, 0.2) is 0 Å². The largest absolute Gasteiger partial charge is 0.353 e. The summed E-state index contributed by atoms with van der Waals surface area (Å²) < 4.78 is 0. The molecule has 4 unspecified atom stereocenters. The van der Waals surface area contributed by atoms with E-state index < -0.39 is 0 Å². The lowest BCUT2D eigenvalue weighted by molar-refractivity contribution is -0.127. The lowest BCUT2D eigenvalue weighted by Gasteiger charge is -2.34. The fraction of sp³-hybridized carbons (Fsp3) is 0.941. The Morgan fingerprint density at radius 1 is 1.20 bits per heavy atom. The van der Waals surface area contributed by atoms with Crippen molar-refractivity contribution >= 4 is 5.91 Å². The van der Waals surface area contributed by atoms with Gasteiger partial charge in [0, 0.05) is 18.0 Å². The highest BCUT2D eigenvalue weighted by Gasteiger charge is 2.31. The number of hydrogen-bond acceptors (Lipinski definition) is 2. The van der Waals surface area contributed by atoms with Crippen LogP contribution in [0.2, 0.25) is 0 Å². The Bertz CT molecular complexity index is 312. The second-order valence-electron chi connectivity index (χ2n) is 7.07. The third-order valence-corrected chi connectivity index (χ3v) is 5.59. The Labute approximate surface area is 124 Å². The summed E-state index contributed by atoms with van der Waals surface area (Å²) in [6.07, 6.45) is 10.7. The number of carbonyl (C=O) groups excluding carboxylic acids is 1. The van der Waals surface area contributed by atoms with Gasteiger partial charge in [0.1, 0.15) is 0 Å². The van der Waals surface area contributed by atoms with Crippen LogP contribution in [0.4, 0.5) is 0 Å². The molecule has 2 fully saturated rings. The quantitative estimate of drug-likeness (QED) is 0.830. The molecule has 2 aliphatic carbocycles. The molecule has 3 N–H and O–H groups in total. The summed E-state index contributed by atoms with van der Waals surface area (Å²) in [6, 6.07) is 0.688. The summed E-state index contributed by atoms with van der Waals surface area (Å²) in [6.45, 7) is 4.39. The molecule has 2 aliphatic rings. The highest BCUT2D eigenvalue weighted by molar-refractivity contribution is 5.79. The van der Waals surface area contributed by atoms with Crippen LogP contribution in [0.1, 0.15) is 71.6 Å². The minimum atomic E-state index is 0.197. The van der Waals surface area contributed by atoms with Crippen molar-refractivity contribution in [2.24, 2.45) is 23.5 Å². The summed E-state index contributed by atoms with van der Waals surface area (Å²) >= 11 is 0. The van der Waals surface area contributed by atoms with E-state index in [1.807, 2.05) is 0 Å². The van der Waals surface area contributed by atoms with E-state index in [1.165, 1.54) is 32.1 Å². The van der Waals surface area contributed by atoms with Gasteiger partial charge in [0.25, 0.3) is 0 Å². The topological polar surface area (TPSA) is 55.1 Å². The molecule has 0 spiro atoms. The van der Waals surface area contributed by atoms with Crippen molar-refractivity contribution in [3.63, 3.8) is 0 Å². The van der Waals surface area contributed by atoms with Gasteiger partial charge in [-0.2, -0.15) is 0 Å². The van der Waals surface area contributed by atoms with Gasteiger partial charge in [-0.05, 0) is 50.4 Å². The van der Waals surface area contributed by atoms with Crippen LogP contribution in [0.25, 0.3) is 0 Å².